The Labute approximate surface area is 851 Å². The molecule has 12 aromatic heterocycles. The molecule has 36 nitrogen and oxygen atoms in total. The molecular formula is C97H117Br2Cl3IN27O9. The Morgan fingerprint density at radius 2 is 0.820 bits per heavy atom. The van der Waals surface area contributed by atoms with Crippen LogP contribution in [0.3, 0.4) is 0 Å². The Balaban J connectivity index is 0.000000123. The van der Waals surface area contributed by atoms with E-state index < -0.39 is 0 Å². The monoisotopic (exact) mass is 2190 g/mol. The molecule has 15 aromatic rings. The summed E-state index contributed by atoms with van der Waals surface area (Å²) in [6.45, 7) is 16.7. The molecule has 736 valence electrons. The predicted octanol–water partition coefficient (Wildman–Crippen LogP) is 15.0. The van der Waals surface area contributed by atoms with Crippen LogP contribution in [0.25, 0.3) is 22.6 Å². The summed E-state index contributed by atoms with van der Waals surface area (Å²) >= 11 is 27.0. The quantitative estimate of drug-likeness (QED) is 0.0260. The fourth-order valence-electron chi connectivity index (χ4n) is 18.5. The molecule has 0 amide bonds. The third-order valence-corrected chi connectivity index (χ3v) is 28.8. The van der Waals surface area contributed by atoms with E-state index in [1.807, 2.05) is 142 Å². The number of hydrogen-bond donors (Lipinski definition) is 6. The van der Waals surface area contributed by atoms with Gasteiger partial charge in [0.1, 0.15) is 0 Å². The molecule has 22 rings (SSSR count). The highest BCUT2D eigenvalue weighted by molar-refractivity contribution is 14.1. The molecule has 1 saturated carbocycles. The minimum absolute atomic E-state index is 0.00282. The number of nitrogen functional groups attached to an aromatic ring is 1. The number of fused-ring (bicyclic) bond motifs is 4. The molecule has 42 heteroatoms. The van der Waals surface area contributed by atoms with Crippen LogP contribution in [0, 0.1) is 3.83 Å². The number of nitrogens with zero attached hydrogens (tertiary/aromatic N) is 24. The van der Waals surface area contributed by atoms with Gasteiger partial charge in [-0.2, -0.15) is 35.5 Å². The molecule has 7 N–H and O–H groups in total. The molecule has 1 aliphatic carbocycles. The first-order valence-electron chi connectivity index (χ1n) is 47.3. The number of rotatable bonds is 27. The SMILES string of the molecule is Brc1cccn2nc(I)nc12.Brc1cccn2nc(Nc3cnn(CCC4OCCO4)c3)nc12.CN1CCN(CCCn2cc(Cc3nc4c(N5CCC(CO)(c6ccc(Cl)cc6)CC5)cccn4n3)cn2)CC1.Nc1cnn(CCC2OCCO2)c1.OCC1(c2ccc(Cl)cc2)CCCCC1.OCC1(c2ccc(Cl)cc2)CCN(c2cccn3nc(Nc4cnn(CCC5OCCO5)c4)nc23)CC1. The van der Waals surface area contributed by atoms with Gasteiger partial charge in [-0.1, -0.05) is 90.5 Å². The van der Waals surface area contributed by atoms with Gasteiger partial charge in [-0.05, 0) is 198 Å². The topological polar surface area (TPSA) is 371 Å². The molecule has 18 heterocycles. The summed E-state index contributed by atoms with van der Waals surface area (Å²) in [6.07, 6.45) is 35.6. The van der Waals surface area contributed by atoms with Crippen LogP contribution >= 0.6 is 89.3 Å². The number of likely N-dealkylation sites (N-methyl/N-ethyl adjacent to an activating group) is 1. The summed E-state index contributed by atoms with van der Waals surface area (Å²) in [5, 5.41) is 74.2. The summed E-state index contributed by atoms with van der Waals surface area (Å²) in [5.74, 6) is 1.84. The number of nitrogens with one attached hydrogen (secondary N) is 2. The zero-order chi connectivity index (χ0) is 96.1. The van der Waals surface area contributed by atoms with Crippen molar-refractivity contribution in [3.63, 3.8) is 0 Å². The number of aliphatic hydroxyl groups is 3. The number of anilines is 7. The van der Waals surface area contributed by atoms with Crippen LogP contribution in [0.15, 0.2) is 205 Å². The Hall–Kier alpha value is -9.90. The van der Waals surface area contributed by atoms with Gasteiger partial charge in [0.15, 0.2) is 47.3 Å². The lowest BCUT2D eigenvalue weighted by molar-refractivity contribution is -0.0498. The Kier molecular flexibility index (Phi) is 34.9. The summed E-state index contributed by atoms with van der Waals surface area (Å²) in [7, 11) is 2.19. The standard InChI is InChI=1S/C30H39ClN8O.C26H30ClN7O3.C14H15BrN6O2.C13H17ClO.C8H13N3O2.C6H3BrIN3/c1-35-16-18-36(19-17-35)11-3-12-38-22-24(21-32-38)20-28-33-29-27(4-2-13-39(29)34-28)37-14-9-30(23-40,10-15-37)25-5-7-26(31)8-6-25;27-20-5-3-19(4-6-20)26(18-35)8-12-32(13-9-26)22-2-1-10-34-24(22)30-25(31-34)29-21-16-28-33(17-21)11-7-23-36-14-15-37-23;15-11-2-1-4-21-13(11)18-14(19-21)17-10-8-16-20(9-10)5-3-12-22-6-7-23-12;14-12-6-4-11(5-7-12)13(10-15)8-2-1-3-9-13;9-7-5-10-11(6-7)2-1-8-12-3-4-13-8;7-4-2-1-3-11-5(4)9-6(8)10-11/h2,4-8,13,21-22,40H,3,9-12,14-20,23H2,1H3;1-6,10,16-17,23,35H,7-9,11-15,18H2,(H,29,31);1-2,4,8-9,12H,3,5-7H2,(H,17,19);4-7,15H,1-3,8-10H2;5-6,8H,1-4,9H2;1-3H. The highest BCUT2D eigenvalue weighted by atomic mass is 127. The summed E-state index contributed by atoms with van der Waals surface area (Å²) in [4.78, 5) is 28.0. The zero-order valence-corrected chi connectivity index (χ0v) is 85.1. The van der Waals surface area contributed by atoms with Crippen molar-refractivity contribution >= 4 is 152 Å². The second kappa shape index (κ2) is 48.2. The smallest absolute Gasteiger partial charge is 0.247 e. The van der Waals surface area contributed by atoms with Gasteiger partial charge in [0.2, 0.25) is 15.7 Å². The molecule has 3 aromatic carbocycles. The van der Waals surface area contributed by atoms with Crippen molar-refractivity contribution in [1.29, 1.82) is 0 Å². The molecule has 0 spiro atoms. The van der Waals surface area contributed by atoms with Crippen molar-refractivity contribution < 1.29 is 43.7 Å². The molecule has 7 aliphatic rings. The number of benzene rings is 3. The number of nitrogens with two attached hydrogens (primary N) is 1. The highest BCUT2D eigenvalue weighted by Gasteiger charge is 2.39. The maximum Gasteiger partial charge on any atom is 0.247 e. The van der Waals surface area contributed by atoms with Crippen molar-refractivity contribution in [2.45, 2.75) is 151 Å². The first-order valence-corrected chi connectivity index (χ1v) is 51.1. The van der Waals surface area contributed by atoms with E-state index in [2.05, 4.69) is 185 Å². The molecule has 6 saturated heterocycles. The van der Waals surface area contributed by atoms with Gasteiger partial charge < -0.3 is 79.7 Å². The van der Waals surface area contributed by atoms with Crippen molar-refractivity contribution in [3.8, 4) is 0 Å². The molecule has 7 fully saturated rings. The Morgan fingerprint density at radius 3 is 1.27 bits per heavy atom. The van der Waals surface area contributed by atoms with E-state index >= 15 is 0 Å². The number of ether oxygens (including phenoxy) is 6. The van der Waals surface area contributed by atoms with Gasteiger partial charge in [-0.15, -0.1) is 15.3 Å². The molecule has 0 bridgehead atoms. The molecule has 0 radical (unpaired) electrons. The van der Waals surface area contributed by atoms with Crippen LogP contribution in [-0.2, 0) is 77.3 Å². The van der Waals surface area contributed by atoms with Gasteiger partial charge in [0.05, 0.1) is 122 Å². The van der Waals surface area contributed by atoms with E-state index in [0.29, 0.717) is 75.2 Å². The molecule has 6 aliphatic heterocycles. The highest BCUT2D eigenvalue weighted by Crippen LogP contribution is 2.42. The van der Waals surface area contributed by atoms with Crippen LogP contribution in [0.2, 0.25) is 15.1 Å². The number of aryl methyl sites for hydroxylation is 4. The van der Waals surface area contributed by atoms with Crippen LogP contribution in [0.4, 0.5) is 40.3 Å². The van der Waals surface area contributed by atoms with Crippen molar-refractivity contribution in [3.05, 3.63) is 252 Å². The lowest BCUT2D eigenvalue weighted by Crippen LogP contribution is -2.45. The van der Waals surface area contributed by atoms with Gasteiger partial charge in [0, 0.05) is 208 Å². The van der Waals surface area contributed by atoms with Gasteiger partial charge >= 0.3 is 0 Å². The minimum Gasteiger partial charge on any atom is -0.396 e. The third-order valence-electron chi connectivity index (χ3n) is 26.3. The first kappa shape index (κ1) is 101. The largest absolute Gasteiger partial charge is 0.396 e. The lowest BCUT2D eigenvalue weighted by atomic mass is 9.70. The fourth-order valence-corrected chi connectivity index (χ4v) is 20.1. The third kappa shape index (κ3) is 26.5. The first-order chi connectivity index (χ1) is 67.8. The van der Waals surface area contributed by atoms with Gasteiger partial charge in [0.25, 0.3) is 0 Å². The molecule has 0 unspecified atom stereocenters. The van der Waals surface area contributed by atoms with E-state index in [4.69, 9.17) is 84.0 Å². The number of piperazine rings is 1. The normalized spacial score (nSPS) is 17.4. The number of piperidine rings is 2. The van der Waals surface area contributed by atoms with E-state index in [0.717, 1.165) is 233 Å². The fraction of sp³-hybridized carbons (Fsp3) is 0.443. The van der Waals surface area contributed by atoms with E-state index in [1.165, 1.54) is 24.8 Å². The summed E-state index contributed by atoms with van der Waals surface area (Å²) in [5.41, 5.74) is 17.4. The van der Waals surface area contributed by atoms with Gasteiger partial charge in [-0.25, -0.2) is 28.0 Å². The summed E-state index contributed by atoms with van der Waals surface area (Å²) in [6, 6.07) is 39.7. The van der Waals surface area contributed by atoms with Crippen molar-refractivity contribution in [1.82, 2.24) is 107 Å². The average Bonchev–Trinajstić information content (AvgIpc) is 1.76. The molecule has 0 atom stereocenters. The number of halogens is 6. The van der Waals surface area contributed by atoms with E-state index in [9.17, 15) is 15.3 Å². The van der Waals surface area contributed by atoms with Crippen LogP contribution < -0.4 is 26.2 Å². The second-order valence-electron chi connectivity index (χ2n) is 35.7. The summed E-state index contributed by atoms with van der Waals surface area (Å²) < 4.78 is 49.7. The van der Waals surface area contributed by atoms with Gasteiger partial charge in [-0.3, -0.25) is 18.7 Å². The number of aromatic nitrogens is 20. The van der Waals surface area contributed by atoms with E-state index in [-0.39, 0.29) is 54.9 Å². The number of aliphatic hydroxyl groups excluding tert-OH is 3. The van der Waals surface area contributed by atoms with Crippen LogP contribution in [-0.4, -0.2) is 267 Å². The lowest BCUT2D eigenvalue weighted by Gasteiger charge is -2.42. The Morgan fingerprint density at radius 1 is 0.424 bits per heavy atom. The molecule has 139 heavy (non-hydrogen) atoms. The predicted molar refractivity (Wildman–Crippen MR) is 549 cm³/mol. The Bertz CT molecular complexity index is 6370. The number of pyridine rings is 4. The second-order valence-corrected chi connectivity index (χ2v) is 39.6. The number of hydrogen-bond acceptors (Lipinski definition) is 28. The van der Waals surface area contributed by atoms with E-state index in [1.54, 1.807) is 43.0 Å². The molecular weight excluding hydrogens is 2080 g/mol. The maximum absolute atomic E-state index is 10.4. The average molecular weight is 2200 g/mol. The van der Waals surface area contributed by atoms with Crippen LogP contribution in [0.1, 0.15) is 112 Å². The minimum atomic E-state index is -0.261. The van der Waals surface area contributed by atoms with Crippen molar-refractivity contribution in [2.24, 2.45) is 0 Å². The van der Waals surface area contributed by atoms with Crippen LogP contribution in [0.5, 0.6) is 0 Å². The zero-order valence-electron chi connectivity index (χ0n) is 77.5. The van der Waals surface area contributed by atoms with Crippen molar-refractivity contribution in [2.75, 3.05) is 152 Å². The maximum atomic E-state index is 10.4.